The first-order chi connectivity index (χ1) is 9.58. The first kappa shape index (κ1) is 13.5. The molecule has 2 saturated heterocycles. The summed E-state index contributed by atoms with van der Waals surface area (Å²) >= 11 is 0. The van der Waals surface area contributed by atoms with Gasteiger partial charge in [0.05, 0.1) is 18.9 Å². The molecule has 3 rings (SSSR count). The van der Waals surface area contributed by atoms with Gasteiger partial charge in [0.1, 0.15) is 0 Å². The molecule has 0 aromatic heterocycles. The maximum absolute atomic E-state index is 12.4. The van der Waals surface area contributed by atoms with E-state index in [-0.39, 0.29) is 36.7 Å². The predicted molar refractivity (Wildman–Crippen MR) is 69.9 cm³/mol. The number of hydrogen-bond acceptors (Lipinski definition) is 4. The number of hydrogen-bond donors (Lipinski definition) is 1. The third kappa shape index (κ3) is 2.44. The van der Waals surface area contributed by atoms with E-state index < -0.39 is 12.0 Å². The molecule has 2 amide bonds. The maximum Gasteiger partial charge on any atom is 0.304 e. The fraction of sp³-hybridized carbons (Fsp3) is 0.786. The van der Waals surface area contributed by atoms with Gasteiger partial charge < -0.3 is 5.11 Å². The average Bonchev–Trinajstić information content (AvgIpc) is 3.17. The van der Waals surface area contributed by atoms with Crippen molar-refractivity contribution in [2.75, 3.05) is 6.54 Å². The van der Waals surface area contributed by atoms with Crippen molar-refractivity contribution in [3.8, 4) is 0 Å². The van der Waals surface area contributed by atoms with Crippen LogP contribution in [0.2, 0.25) is 0 Å². The second-order valence-electron chi connectivity index (χ2n) is 6.04. The number of carboxylic acid groups (broad SMARTS) is 1. The largest absolute Gasteiger partial charge is 0.481 e. The molecule has 2 heterocycles. The Morgan fingerprint density at radius 1 is 1.20 bits per heavy atom. The summed E-state index contributed by atoms with van der Waals surface area (Å²) in [6.45, 7) is 0.722. The topological polar surface area (TPSA) is 77.9 Å². The molecule has 1 N–H and O–H groups in total. The number of aliphatic carboxylic acids is 1. The highest BCUT2D eigenvalue weighted by Gasteiger charge is 2.49. The second kappa shape index (κ2) is 5.16. The molecule has 3 fully saturated rings. The Bertz CT molecular complexity index is 446. The van der Waals surface area contributed by atoms with Crippen molar-refractivity contribution in [2.45, 2.75) is 63.1 Å². The SMILES string of the molecule is O=C(O)CC1CCCCN1C1CC(=O)N(C2CC2)C1=O. The monoisotopic (exact) mass is 280 g/mol. The third-order valence-corrected chi connectivity index (χ3v) is 4.55. The Balaban J connectivity index is 1.74. The Labute approximate surface area is 117 Å². The molecule has 6 heteroatoms. The van der Waals surface area contributed by atoms with Crippen LogP contribution < -0.4 is 0 Å². The summed E-state index contributed by atoms with van der Waals surface area (Å²) in [7, 11) is 0. The summed E-state index contributed by atoms with van der Waals surface area (Å²) in [5.74, 6) is -1.02. The minimum atomic E-state index is -0.835. The minimum Gasteiger partial charge on any atom is -0.481 e. The Kier molecular flexibility index (Phi) is 3.50. The van der Waals surface area contributed by atoms with Crippen molar-refractivity contribution < 1.29 is 19.5 Å². The third-order valence-electron chi connectivity index (χ3n) is 4.55. The molecule has 2 unspecified atom stereocenters. The minimum absolute atomic E-state index is 0.0569. The van der Waals surface area contributed by atoms with Crippen LogP contribution in [0.15, 0.2) is 0 Å². The van der Waals surface area contributed by atoms with Gasteiger partial charge in [-0.1, -0.05) is 6.42 Å². The molecule has 2 atom stereocenters. The van der Waals surface area contributed by atoms with Crippen molar-refractivity contribution in [1.82, 2.24) is 9.80 Å². The lowest BCUT2D eigenvalue weighted by molar-refractivity contribution is -0.143. The summed E-state index contributed by atoms with van der Waals surface area (Å²) in [5, 5.41) is 9.01. The summed E-state index contributed by atoms with van der Waals surface area (Å²) < 4.78 is 0. The number of carbonyl (C=O) groups excluding carboxylic acids is 2. The normalized spacial score (nSPS) is 31.9. The highest BCUT2D eigenvalue weighted by atomic mass is 16.4. The zero-order valence-electron chi connectivity index (χ0n) is 11.5. The van der Waals surface area contributed by atoms with Crippen LogP contribution in [-0.2, 0) is 14.4 Å². The number of carbonyl (C=O) groups is 3. The van der Waals surface area contributed by atoms with Crippen LogP contribution in [0.1, 0.15) is 44.9 Å². The first-order valence-electron chi connectivity index (χ1n) is 7.41. The second-order valence-corrected chi connectivity index (χ2v) is 6.04. The Morgan fingerprint density at radius 3 is 2.60 bits per heavy atom. The molecule has 110 valence electrons. The Morgan fingerprint density at radius 2 is 1.95 bits per heavy atom. The van der Waals surface area contributed by atoms with Gasteiger partial charge in [-0.2, -0.15) is 0 Å². The van der Waals surface area contributed by atoms with Gasteiger partial charge in [-0.15, -0.1) is 0 Å². The van der Waals surface area contributed by atoms with Gasteiger partial charge in [0, 0.05) is 12.1 Å². The van der Waals surface area contributed by atoms with Gasteiger partial charge in [-0.3, -0.25) is 24.2 Å². The van der Waals surface area contributed by atoms with Gasteiger partial charge >= 0.3 is 5.97 Å². The molecule has 20 heavy (non-hydrogen) atoms. The van der Waals surface area contributed by atoms with E-state index in [4.69, 9.17) is 5.11 Å². The zero-order chi connectivity index (χ0) is 14.3. The molecule has 0 bridgehead atoms. The lowest BCUT2D eigenvalue weighted by Gasteiger charge is -2.38. The fourth-order valence-electron chi connectivity index (χ4n) is 3.46. The highest BCUT2D eigenvalue weighted by molar-refractivity contribution is 6.06. The number of imide groups is 1. The zero-order valence-corrected chi connectivity index (χ0v) is 11.5. The van der Waals surface area contributed by atoms with E-state index in [1.807, 2.05) is 4.90 Å². The molecule has 0 aromatic rings. The van der Waals surface area contributed by atoms with Crippen molar-refractivity contribution in [2.24, 2.45) is 0 Å². The number of nitrogens with zero attached hydrogens (tertiary/aromatic N) is 2. The molecular weight excluding hydrogens is 260 g/mol. The number of amides is 2. The molecule has 2 aliphatic heterocycles. The molecule has 0 radical (unpaired) electrons. The summed E-state index contributed by atoms with van der Waals surface area (Å²) in [4.78, 5) is 38.8. The smallest absolute Gasteiger partial charge is 0.304 e. The summed E-state index contributed by atoms with van der Waals surface area (Å²) in [5.41, 5.74) is 0. The predicted octanol–water partition coefficient (Wildman–Crippen LogP) is 0.605. The van der Waals surface area contributed by atoms with Crippen LogP contribution in [0, 0.1) is 0 Å². The van der Waals surface area contributed by atoms with Crippen LogP contribution >= 0.6 is 0 Å². The summed E-state index contributed by atoms with van der Waals surface area (Å²) in [6, 6.07) is -0.419. The molecule has 6 nitrogen and oxygen atoms in total. The van der Waals surface area contributed by atoms with E-state index >= 15 is 0 Å². The van der Waals surface area contributed by atoms with Crippen LogP contribution in [0.3, 0.4) is 0 Å². The quantitative estimate of drug-likeness (QED) is 0.763. The average molecular weight is 280 g/mol. The van der Waals surface area contributed by atoms with Crippen LogP contribution in [-0.4, -0.2) is 57.4 Å². The van der Waals surface area contributed by atoms with Crippen molar-refractivity contribution >= 4 is 17.8 Å². The highest BCUT2D eigenvalue weighted by Crippen LogP contribution is 2.35. The molecule has 1 aliphatic carbocycles. The van der Waals surface area contributed by atoms with Gasteiger partial charge in [-0.05, 0) is 32.2 Å². The van der Waals surface area contributed by atoms with E-state index in [1.54, 1.807) is 0 Å². The maximum atomic E-state index is 12.4. The van der Waals surface area contributed by atoms with Gasteiger partial charge in [0.2, 0.25) is 11.8 Å². The van der Waals surface area contributed by atoms with Crippen LogP contribution in [0.4, 0.5) is 0 Å². The number of likely N-dealkylation sites (tertiary alicyclic amines) is 2. The fourth-order valence-corrected chi connectivity index (χ4v) is 3.46. The van der Waals surface area contributed by atoms with Gasteiger partial charge in [0.15, 0.2) is 0 Å². The summed E-state index contributed by atoms with van der Waals surface area (Å²) in [6.07, 6.45) is 4.89. The van der Waals surface area contributed by atoms with Crippen LogP contribution in [0.25, 0.3) is 0 Å². The number of piperidine rings is 1. The molecular formula is C14H20N2O4. The van der Waals surface area contributed by atoms with Crippen LogP contribution in [0.5, 0.6) is 0 Å². The van der Waals surface area contributed by atoms with Crippen molar-refractivity contribution in [1.29, 1.82) is 0 Å². The van der Waals surface area contributed by atoms with Gasteiger partial charge in [-0.25, -0.2) is 0 Å². The Hall–Kier alpha value is -1.43. The molecule has 1 saturated carbocycles. The van der Waals surface area contributed by atoms with Crippen molar-refractivity contribution in [3.63, 3.8) is 0 Å². The molecule has 3 aliphatic rings. The van der Waals surface area contributed by atoms with E-state index in [1.165, 1.54) is 4.90 Å². The number of carboxylic acids is 1. The lowest BCUT2D eigenvalue weighted by Crippen LogP contribution is -2.50. The molecule has 0 spiro atoms. The lowest BCUT2D eigenvalue weighted by atomic mass is 9.96. The number of rotatable bonds is 4. The van der Waals surface area contributed by atoms with E-state index in [0.29, 0.717) is 0 Å². The standard InChI is InChI=1S/C14H20N2O4/c17-12-8-11(14(20)16(12)9-4-5-9)15-6-2-1-3-10(15)7-13(18)19/h9-11H,1-8H2,(H,18,19). The first-order valence-corrected chi connectivity index (χ1v) is 7.41. The van der Waals surface area contributed by atoms with Crippen molar-refractivity contribution in [3.05, 3.63) is 0 Å². The van der Waals surface area contributed by atoms with E-state index in [0.717, 1.165) is 38.6 Å². The molecule has 0 aromatic carbocycles. The van der Waals surface area contributed by atoms with Gasteiger partial charge in [0.25, 0.3) is 0 Å². The van der Waals surface area contributed by atoms with E-state index in [2.05, 4.69) is 0 Å². The van der Waals surface area contributed by atoms with E-state index in [9.17, 15) is 14.4 Å².